The number of halogens is 2. The first-order valence-electron chi connectivity index (χ1n) is 6.40. The van der Waals surface area contributed by atoms with E-state index in [0.717, 1.165) is 0 Å². The third-order valence-corrected chi connectivity index (χ3v) is 3.94. The van der Waals surface area contributed by atoms with E-state index in [9.17, 15) is 14.0 Å². The van der Waals surface area contributed by atoms with Crippen LogP contribution in [0.3, 0.4) is 0 Å². The van der Waals surface area contributed by atoms with E-state index in [1.165, 1.54) is 23.1 Å². The van der Waals surface area contributed by atoms with E-state index in [4.69, 9.17) is 11.6 Å². The molecule has 1 atom stereocenters. The van der Waals surface area contributed by atoms with E-state index in [1.807, 2.05) is 6.92 Å². The summed E-state index contributed by atoms with van der Waals surface area (Å²) >= 11 is 5.96. The van der Waals surface area contributed by atoms with Crippen LogP contribution in [0.5, 0.6) is 0 Å². The Labute approximate surface area is 121 Å². The SMILES string of the molecule is CCC1(C)NC(=O)CN(Cc2ccc(F)cc2Cl)C1=O. The summed E-state index contributed by atoms with van der Waals surface area (Å²) in [7, 11) is 0. The van der Waals surface area contributed by atoms with Gasteiger partial charge in [-0.25, -0.2) is 4.39 Å². The van der Waals surface area contributed by atoms with Gasteiger partial charge in [0.15, 0.2) is 0 Å². The molecule has 6 heteroatoms. The van der Waals surface area contributed by atoms with Gasteiger partial charge in [0.1, 0.15) is 11.4 Å². The maximum Gasteiger partial charge on any atom is 0.248 e. The van der Waals surface area contributed by atoms with Gasteiger partial charge in [0, 0.05) is 11.6 Å². The van der Waals surface area contributed by atoms with Crippen LogP contribution in [-0.2, 0) is 16.1 Å². The van der Waals surface area contributed by atoms with Crippen LogP contribution in [0.1, 0.15) is 25.8 Å². The molecule has 0 saturated carbocycles. The number of hydrogen-bond donors (Lipinski definition) is 1. The molecule has 1 aliphatic rings. The van der Waals surface area contributed by atoms with Crippen LogP contribution in [-0.4, -0.2) is 28.8 Å². The van der Waals surface area contributed by atoms with Crippen LogP contribution in [0.4, 0.5) is 4.39 Å². The summed E-state index contributed by atoms with van der Waals surface area (Å²) in [6.07, 6.45) is 0.505. The first-order valence-corrected chi connectivity index (χ1v) is 6.78. The number of piperazine rings is 1. The lowest BCUT2D eigenvalue weighted by Gasteiger charge is -2.39. The maximum atomic E-state index is 13.0. The molecule has 1 fully saturated rings. The van der Waals surface area contributed by atoms with Crippen molar-refractivity contribution in [1.29, 1.82) is 0 Å². The molecule has 0 spiro atoms. The molecule has 1 N–H and O–H groups in total. The van der Waals surface area contributed by atoms with E-state index in [0.29, 0.717) is 12.0 Å². The van der Waals surface area contributed by atoms with Gasteiger partial charge in [0.2, 0.25) is 11.8 Å². The van der Waals surface area contributed by atoms with Crippen molar-refractivity contribution in [2.75, 3.05) is 6.54 Å². The number of nitrogens with zero attached hydrogens (tertiary/aromatic N) is 1. The molecule has 1 aromatic rings. The second kappa shape index (κ2) is 5.40. The number of carbonyl (C=O) groups excluding carboxylic acids is 2. The summed E-state index contributed by atoms with van der Waals surface area (Å²) in [5.41, 5.74) is -0.267. The predicted molar refractivity (Wildman–Crippen MR) is 73.7 cm³/mol. The Morgan fingerprint density at radius 3 is 2.75 bits per heavy atom. The largest absolute Gasteiger partial charge is 0.340 e. The van der Waals surface area contributed by atoms with Crippen molar-refractivity contribution in [1.82, 2.24) is 10.2 Å². The van der Waals surface area contributed by atoms with Crippen molar-refractivity contribution in [3.05, 3.63) is 34.6 Å². The molecule has 0 radical (unpaired) electrons. The molecule has 108 valence electrons. The lowest BCUT2D eigenvalue weighted by atomic mass is 9.94. The first-order chi connectivity index (χ1) is 9.35. The van der Waals surface area contributed by atoms with Crippen LogP contribution < -0.4 is 5.32 Å². The Morgan fingerprint density at radius 1 is 1.45 bits per heavy atom. The van der Waals surface area contributed by atoms with E-state index in [2.05, 4.69) is 5.32 Å². The molecular formula is C14H16ClFN2O2. The third-order valence-electron chi connectivity index (χ3n) is 3.59. The Morgan fingerprint density at radius 2 is 2.15 bits per heavy atom. The Kier molecular flexibility index (Phi) is 3.99. The van der Waals surface area contributed by atoms with Crippen molar-refractivity contribution in [2.45, 2.75) is 32.4 Å². The standard InChI is InChI=1S/C14H16ClFN2O2/c1-3-14(2)13(20)18(8-12(19)17-14)7-9-4-5-10(16)6-11(9)15/h4-6H,3,7-8H2,1-2H3,(H,17,19). The fourth-order valence-electron chi connectivity index (χ4n) is 2.22. The second-order valence-corrected chi connectivity index (χ2v) is 5.54. The van der Waals surface area contributed by atoms with Crippen LogP contribution in [0.15, 0.2) is 18.2 Å². The van der Waals surface area contributed by atoms with Gasteiger partial charge < -0.3 is 10.2 Å². The minimum Gasteiger partial charge on any atom is -0.340 e. The Bertz CT molecular complexity index is 564. The monoisotopic (exact) mass is 298 g/mol. The maximum absolute atomic E-state index is 13.0. The zero-order valence-electron chi connectivity index (χ0n) is 11.4. The van der Waals surface area contributed by atoms with Gasteiger partial charge in [-0.2, -0.15) is 0 Å². The quantitative estimate of drug-likeness (QED) is 0.929. The van der Waals surface area contributed by atoms with Crippen LogP contribution in [0.25, 0.3) is 0 Å². The molecule has 1 unspecified atom stereocenters. The minimum atomic E-state index is -0.887. The molecule has 1 heterocycles. The van der Waals surface area contributed by atoms with Crippen LogP contribution in [0, 0.1) is 5.82 Å². The summed E-state index contributed by atoms with van der Waals surface area (Å²) in [5.74, 6) is -0.785. The average molecular weight is 299 g/mol. The van der Waals surface area contributed by atoms with Crippen molar-refractivity contribution < 1.29 is 14.0 Å². The molecule has 1 aromatic carbocycles. The van der Waals surface area contributed by atoms with E-state index >= 15 is 0 Å². The molecular weight excluding hydrogens is 283 g/mol. The zero-order chi connectivity index (χ0) is 14.9. The number of nitrogens with one attached hydrogen (secondary N) is 1. The highest BCUT2D eigenvalue weighted by Crippen LogP contribution is 2.23. The number of hydrogen-bond acceptors (Lipinski definition) is 2. The number of rotatable bonds is 3. The minimum absolute atomic E-state index is 0.0118. The predicted octanol–water partition coefficient (Wildman–Crippen LogP) is 2.11. The lowest BCUT2D eigenvalue weighted by Crippen LogP contribution is -2.64. The van der Waals surface area contributed by atoms with Gasteiger partial charge >= 0.3 is 0 Å². The summed E-state index contributed by atoms with van der Waals surface area (Å²) in [4.78, 5) is 25.6. The molecule has 0 aliphatic carbocycles. The molecule has 2 amide bonds. The van der Waals surface area contributed by atoms with Gasteiger partial charge in [-0.15, -0.1) is 0 Å². The van der Waals surface area contributed by atoms with Gasteiger partial charge in [-0.05, 0) is 31.0 Å². The van der Waals surface area contributed by atoms with Gasteiger partial charge in [-0.1, -0.05) is 24.6 Å². The van der Waals surface area contributed by atoms with E-state index < -0.39 is 11.4 Å². The summed E-state index contributed by atoms with van der Waals surface area (Å²) in [5, 5.41) is 2.96. The van der Waals surface area contributed by atoms with Crippen molar-refractivity contribution >= 4 is 23.4 Å². The molecule has 1 saturated heterocycles. The number of benzene rings is 1. The summed E-state index contributed by atoms with van der Waals surface area (Å²) in [6, 6.07) is 4.01. The Hall–Kier alpha value is -1.62. The molecule has 4 nitrogen and oxygen atoms in total. The van der Waals surface area contributed by atoms with E-state index in [1.54, 1.807) is 6.92 Å². The highest BCUT2D eigenvalue weighted by atomic mass is 35.5. The van der Waals surface area contributed by atoms with E-state index in [-0.39, 0.29) is 29.9 Å². The topological polar surface area (TPSA) is 49.4 Å². The number of carbonyl (C=O) groups is 2. The van der Waals surface area contributed by atoms with Gasteiger partial charge in [0.25, 0.3) is 0 Å². The highest BCUT2D eigenvalue weighted by Gasteiger charge is 2.41. The Balaban J connectivity index is 2.23. The lowest BCUT2D eigenvalue weighted by molar-refractivity contribution is -0.149. The molecule has 2 rings (SSSR count). The van der Waals surface area contributed by atoms with Gasteiger partial charge in [-0.3, -0.25) is 9.59 Å². The summed E-state index contributed by atoms with van der Waals surface area (Å²) < 4.78 is 13.0. The summed E-state index contributed by atoms with van der Waals surface area (Å²) in [6.45, 7) is 3.72. The van der Waals surface area contributed by atoms with Gasteiger partial charge in [0.05, 0.1) is 6.54 Å². The second-order valence-electron chi connectivity index (χ2n) is 5.13. The van der Waals surface area contributed by atoms with Crippen LogP contribution in [0.2, 0.25) is 5.02 Å². The van der Waals surface area contributed by atoms with Crippen molar-refractivity contribution in [2.24, 2.45) is 0 Å². The van der Waals surface area contributed by atoms with Crippen molar-refractivity contribution in [3.63, 3.8) is 0 Å². The third kappa shape index (κ3) is 2.77. The normalized spacial score (nSPS) is 22.9. The zero-order valence-corrected chi connectivity index (χ0v) is 12.1. The average Bonchev–Trinajstić information content (AvgIpc) is 2.38. The molecule has 20 heavy (non-hydrogen) atoms. The first kappa shape index (κ1) is 14.8. The fourth-order valence-corrected chi connectivity index (χ4v) is 2.44. The number of amides is 2. The molecule has 0 aromatic heterocycles. The molecule has 1 aliphatic heterocycles. The van der Waals surface area contributed by atoms with Crippen molar-refractivity contribution in [3.8, 4) is 0 Å². The van der Waals surface area contributed by atoms with Crippen LogP contribution >= 0.6 is 11.6 Å². The highest BCUT2D eigenvalue weighted by molar-refractivity contribution is 6.31. The fraction of sp³-hybridized carbons (Fsp3) is 0.429. The molecule has 0 bridgehead atoms. The smallest absolute Gasteiger partial charge is 0.248 e.